The molecule has 3 nitrogen and oxygen atoms in total. The van der Waals surface area contributed by atoms with Crippen molar-refractivity contribution in [3.05, 3.63) is 46.4 Å². The van der Waals surface area contributed by atoms with Gasteiger partial charge in [0.2, 0.25) is 0 Å². The normalized spacial score (nSPS) is 11.1. The fourth-order valence-electron chi connectivity index (χ4n) is 1.81. The molecular formula is C13H7BrF2N2O. The zero-order valence-corrected chi connectivity index (χ0v) is 11.0. The van der Waals surface area contributed by atoms with Gasteiger partial charge in [-0.25, -0.2) is 13.8 Å². The van der Waals surface area contributed by atoms with Crippen LogP contribution < -0.4 is 0 Å². The topological polar surface area (TPSA) is 48.9 Å². The molecule has 2 aromatic carbocycles. The quantitative estimate of drug-likeness (QED) is 0.711. The number of H-pyrrole nitrogens is 1. The molecule has 1 aromatic heterocycles. The lowest BCUT2D eigenvalue weighted by Gasteiger charge is -1.99. The van der Waals surface area contributed by atoms with Crippen molar-refractivity contribution in [2.45, 2.75) is 0 Å². The maximum Gasteiger partial charge on any atom is 0.186 e. The number of phenols is 1. The highest BCUT2D eigenvalue weighted by molar-refractivity contribution is 9.10. The van der Waals surface area contributed by atoms with Gasteiger partial charge >= 0.3 is 0 Å². The summed E-state index contributed by atoms with van der Waals surface area (Å²) in [5.74, 6) is -1.52. The smallest absolute Gasteiger partial charge is 0.186 e. The number of halogens is 3. The van der Waals surface area contributed by atoms with Crippen LogP contribution in [0.2, 0.25) is 0 Å². The molecule has 0 radical (unpaired) electrons. The number of nitrogens with one attached hydrogen (secondary N) is 1. The number of fused-ring (bicyclic) bond motifs is 1. The average molecular weight is 325 g/mol. The van der Waals surface area contributed by atoms with E-state index in [1.165, 1.54) is 12.1 Å². The second-order valence-electron chi connectivity index (χ2n) is 4.01. The lowest BCUT2D eigenvalue weighted by molar-refractivity contribution is 0.472. The number of aromatic nitrogens is 2. The molecule has 3 rings (SSSR count). The number of rotatable bonds is 1. The first kappa shape index (κ1) is 12.1. The highest BCUT2D eigenvalue weighted by atomic mass is 79.9. The van der Waals surface area contributed by atoms with Crippen molar-refractivity contribution < 1.29 is 13.9 Å². The Kier molecular flexibility index (Phi) is 2.74. The molecule has 0 atom stereocenters. The molecule has 0 saturated heterocycles. The van der Waals surface area contributed by atoms with Crippen LogP contribution in [0.15, 0.2) is 34.8 Å². The summed E-state index contributed by atoms with van der Waals surface area (Å²) in [5, 5.41) is 9.61. The molecule has 0 amide bonds. The van der Waals surface area contributed by atoms with Crippen LogP contribution in [-0.2, 0) is 0 Å². The maximum absolute atomic E-state index is 13.6. The van der Waals surface area contributed by atoms with Gasteiger partial charge in [0.15, 0.2) is 11.6 Å². The van der Waals surface area contributed by atoms with E-state index < -0.39 is 11.6 Å². The molecule has 6 heteroatoms. The van der Waals surface area contributed by atoms with Gasteiger partial charge in [0, 0.05) is 5.56 Å². The van der Waals surface area contributed by atoms with Gasteiger partial charge in [-0.3, -0.25) is 0 Å². The standard InChI is InChI=1S/C13H7BrF2N2O/c14-7-2-1-6(5-10(7)19)13-17-9-4-3-8(15)11(16)12(9)18-13/h1-5,19H,(H,17,18). The summed E-state index contributed by atoms with van der Waals surface area (Å²) < 4.78 is 27.2. The minimum atomic E-state index is -0.985. The van der Waals surface area contributed by atoms with Crippen LogP contribution in [0.3, 0.4) is 0 Å². The van der Waals surface area contributed by atoms with E-state index in [0.717, 1.165) is 6.07 Å². The predicted molar refractivity (Wildman–Crippen MR) is 70.8 cm³/mol. The van der Waals surface area contributed by atoms with Crippen molar-refractivity contribution in [2.24, 2.45) is 0 Å². The third kappa shape index (κ3) is 1.98. The Hall–Kier alpha value is -1.95. The second-order valence-corrected chi connectivity index (χ2v) is 4.86. The number of nitrogens with zero attached hydrogens (tertiary/aromatic N) is 1. The molecule has 96 valence electrons. The van der Waals surface area contributed by atoms with Crippen LogP contribution in [0.1, 0.15) is 0 Å². The average Bonchev–Trinajstić information content (AvgIpc) is 2.82. The number of hydrogen-bond acceptors (Lipinski definition) is 2. The number of imidazole rings is 1. The van der Waals surface area contributed by atoms with Gasteiger partial charge in [-0.05, 0) is 46.3 Å². The molecule has 0 unspecified atom stereocenters. The van der Waals surface area contributed by atoms with Gasteiger partial charge in [-0.2, -0.15) is 0 Å². The molecule has 0 aliphatic heterocycles. The highest BCUT2D eigenvalue weighted by Crippen LogP contribution is 2.30. The Morgan fingerprint density at radius 3 is 2.68 bits per heavy atom. The lowest BCUT2D eigenvalue weighted by Crippen LogP contribution is -1.84. The first-order valence-electron chi connectivity index (χ1n) is 5.39. The van der Waals surface area contributed by atoms with Crippen LogP contribution in [0.4, 0.5) is 8.78 Å². The minimum Gasteiger partial charge on any atom is -0.507 e. The van der Waals surface area contributed by atoms with Gasteiger partial charge in [0.05, 0.1) is 9.99 Å². The van der Waals surface area contributed by atoms with E-state index in [4.69, 9.17) is 0 Å². The van der Waals surface area contributed by atoms with Gasteiger partial charge in [-0.15, -0.1) is 0 Å². The number of phenolic OH excluding ortho intramolecular Hbond substituents is 1. The molecule has 0 saturated carbocycles. The summed E-state index contributed by atoms with van der Waals surface area (Å²) in [6.07, 6.45) is 0. The summed E-state index contributed by atoms with van der Waals surface area (Å²) in [6.45, 7) is 0. The third-order valence-electron chi connectivity index (χ3n) is 2.77. The fraction of sp³-hybridized carbons (Fsp3) is 0. The largest absolute Gasteiger partial charge is 0.507 e. The van der Waals surface area contributed by atoms with Gasteiger partial charge in [-0.1, -0.05) is 0 Å². The van der Waals surface area contributed by atoms with Crippen LogP contribution in [0.5, 0.6) is 5.75 Å². The first-order chi connectivity index (χ1) is 9.06. The Morgan fingerprint density at radius 2 is 1.95 bits per heavy atom. The Bertz CT molecular complexity index is 786. The van der Waals surface area contributed by atoms with E-state index in [-0.39, 0.29) is 11.3 Å². The number of hydrogen-bond donors (Lipinski definition) is 2. The van der Waals surface area contributed by atoms with E-state index >= 15 is 0 Å². The summed E-state index contributed by atoms with van der Waals surface area (Å²) in [5.41, 5.74) is 0.922. The molecule has 0 spiro atoms. The van der Waals surface area contributed by atoms with Crippen molar-refractivity contribution >= 4 is 27.0 Å². The number of aromatic hydroxyl groups is 1. The summed E-state index contributed by atoms with van der Waals surface area (Å²) in [4.78, 5) is 6.90. The van der Waals surface area contributed by atoms with E-state index in [1.54, 1.807) is 12.1 Å². The van der Waals surface area contributed by atoms with Crippen molar-refractivity contribution in [3.63, 3.8) is 0 Å². The zero-order valence-electron chi connectivity index (χ0n) is 9.42. The van der Waals surface area contributed by atoms with E-state index in [0.29, 0.717) is 21.4 Å². The minimum absolute atomic E-state index is 0.0459. The zero-order chi connectivity index (χ0) is 13.6. The molecule has 2 N–H and O–H groups in total. The summed E-state index contributed by atoms with van der Waals surface area (Å²) in [7, 11) is 0. The fourth-order valence-corrected chi connectivity index (χ4v) is 2.06. The molecule has 1 heterocycles. The Morgan fingerprint density at radius 1 is 1.16 bits per heavy atom. The van der Waals surface area contributed by atoms with Crippen LogP contribution in [0, 0.1) is 11.6 Å². The van der Waals surface area contributed by atoms with Crippen molar-refractivity contribution in [2.75, 3.05) is 0 Å². The SMILES string of the molecule is Oc1cc(-c2nc3c(F)c(F)ccc3[nH]2)ccc1Br. The lowest BCUT2D eigenvalue weighted by atomic mass is 10.2. The molecule has 0 aliphatic carbocycles. The maximum atomic E-state index is 13.6. The Labute approximate surface area is 115 Å². The molecule has 0 bridgehead atoms. The highest BCUT2D eigenvalue weighted by Gasteiger charge is 2.13. The number of benzene rings is 2. The van der Waals surface area contributed by atoms with Crippen molar-refractivity contribution in [3.8, 4) is 17.1 Å². The van der Waals surface area contributed by atoms with Crippen LogP contribution in [-0.4, -0.2) is 15.1 Å². The molecule has 0 aliphatic rings. The van der Waals surface area contributed by atoms with Gasteiger partial charge < -0.3 is 10.1 Å². The molecule has 19 heavy (non-hydrogen) atoms. The van der Waals surface area contributed by atoms with Crippen molar-refractivity contribution in [1.82, 2.24) is 9.97 Å². The number of aromatic amines is 1. The molecule has 3 aromatic rings. The second kappa shape index (κ2) is 4.31. The van der Waals surface area contributed by atoms with E-state index in [2.05, 4.69) is 25.9 Å². The Balaban J connectivity index is 2.20. The van der Waals surface area contributed by atoms with Gasteiger partial charge in [0.1, 0.15) is 17.1 Å². The first-order valence-corrected chi connectivity index (χ1v) is 6.18. The summed E-state index contributed by atoms with van der Waals surface area (Å²) >= 11 is 3.17. The van der Waals surface area contributed by atoms with Gasteiger partial charge in [0.25, 0.3) is 0 Å². The van der Waals surface area contributed by atoms with Crippen LogP contribution in [0.25, 0.3) is 22.4 Å². The molecular weight excluding hydrogens is 318 g/mol. The molecule has 0 fully saturated rings. The van der Waals surface area contributed by atoms with Crippen molar-refractivity contribution in [1.29, 1.82) is 0 Å². The summed E-state index contributed by atoms with van der Waals surface area (Å²) in [6, 6.07) is 7.29. The van der Waals surface area contributed by atoms with E-state index in [1.807, 2.05) is 0 Å². The third-order valence-corrected chi connectivity index (χ3v) is 3.44. The van der Waals surface area contributed by atoms with E-state index in [9.17, 15) is 13.9 Å². The monoisotopic (exact) mass is 324 g/mol. The predicted octanol–water partition coefficient (Wildman–Crippen LogP) is 3.98. The van der Waals surface area contributed by atoms with Crippen LogP contribution >= 0.6 is 15.9 Å².